The van der Waals surface area contributed by atoms with Crippen molar-refractivity contribution < 1.29 is 15.0 Å². The van der Waals surface area contributed by atoms with Gasteiger partial charge >= 0.3 is 0 Å². The highest BCUT2D eigenvalue weighted by atomic mass is 16.3. The number of carbonyl (C=O) groups is 1. The Morgan fingerprint density at radius 2 is 0.951 bits per heavy atom. The first kappa shape index (κ1) is 39.6. The number of aliphatic hydroxyl groups is 2. The van der Waals surface area contributed by atoms with Crippen LogP contribution in [0.15, 0.2) is 36.5 Å². The van der Waals surface area contributed by atoms with Crippen molar-refractivity contribution in [3.63, 3.8) is 0 Å². The van der Waals surface area contributed by atoms with Gasteiger partial charge in [0, 0.05) is 6.42 Å². The van der Waals surface area contributed by atoms with E-state index in [4.69, 9.17) is 0 Å². The van der Waals surface area contributed by atoms with E-state index in [1.54, 1.807) is 6.08 Å². The maximum absolute atomic E-state index is 12.3. The van der Waals surface area contributed by atoms with E-state index in [9.17, 15) is 15.0 Å². The molecular weight excluding hydrogens is 506 g/mol. The minimum atomic E-state index is -0.858. The number of carbonyl (C=O) groups excluding carboxylic acids is 1. The monoisotopic (exact) mass is 576 g/mol. The highest BCUT2D eigenvalue weighted by Gasteiger charge is 2.17. The quantitative estimate of drug-likeness (QED) is 0.0569. The van der Waals surface area contributed by atoms with Gasteiger partial charge in [0.1, 0.15) is 0 Å². The summed E-state index contributed by atoms with van der Waals surface area (Å²) in [5.41, 5.74) is 0. The van der Waals surface area contributed by atoms with Gasteiger partial charge in [0.05, 0.1) is 18.8 Å². The summed E-state index contributed by atoms with van der Waals surface area (Å²) < 4.78 is 0. The SMILES string of the molecule is CCCCCC/C=C/CC/C=C/C(O)C(CO)NC(=O)CCCCCCCCCCC/C=C\CCCCCCCC. The normalized spacial score (nSPS) is 13.6. The second kappa shape index (κ2) is 33.1. The molecule has 0 saturated carbocycles. The number of amides is 1. The van der Waals surface area contributed by atoms with E-state index in [-0.39, 0.29) is 12.5 Å². The lowest BCUT2D eigenvalue weighted by atomic mass is 10.0. The summed E-state index contributed by atoms with van der Waals surface area (Å²) in [4.78, 5) is 12.3. The second-order valence-corrected chi connectivity index (χ2v) is 11.9. The molecule has 0 aromatic carbocycles. The van der Waals surface area contributed by atoms with Crippen molar-refractivity contribution in [3.05, 3.63) is 36.5 Å². The lowest BCUT2D eigenvalue weighted by molar-refractivity contribution is -0.123. The molecule has 3 N–H and O–H groups in total. The summed E-state index contributed by atoms with van der Waals surface area (Å²) in [6, 6.07) is -0.635. The molecule has 0 spiro atoms. The first-order valence-corrected chi connectivity index (χ1v) is 17.7. The molecule has 1 amide bonds. The molecule has 0 aromatic rings. The van der Waals surface area contributed by atoms with Gasteiger partial charge in [0.25, 0.3) is 0 Å². The molecular formula is C37H69NO3. The largest absolute Gasteiger partial charge is 0.394 e. The number of nitrogens with one attached hydrogen (secondary N) is 1. The molecule has 0 aliphatic carbocycles. The number of aliphatic hydroxyl groups excluding tert-OH is 2. The number of unbranched alkanes of at least 4 members (excludes halogenated alkanes) is 20. The van der Waals surface area contributed by atoms with Crippen LogP contribution < -0.4 is 5.32 Å². The zero-order valence-electron chi connectivity index (χ0n) is 27.3. The Hall–Kier alpha value is -1.39. The highest BCUT2D eigenvalue weighted by Crippen LogP contribution is 2.13. The smallest absolute Gasteiger partial charge is 0.220 e. The van der Waals surface area contributed by atoms with E-state index in [1.165, 1.54) is 122 Å². The van der Waals surface area contributed by atoms with Crippen molar-refractivity contribution >= 4 is 5.91 Å². The molecule has 2 atom stereocenters. The zero-order valence-corrected chi connectivity index (χ0v) is 27.3. The third kappa shape index (κ3) is 29.9. The Bertz CT molecular complexity index is 628. The predicted molar refractivity (Wildman–Crippen MR) is 179 cm³/mol. The van der Waals surface area contributed by atoms with Gasteiger partial charge in [-0.05, 0) is 57.8 Å². The lowest BCUT2D eigenvalue weighted by Crippen LogP contribution is -2.45. The highest BCUT2D eigenvalue weighted by molar-refractivity contribution is 5.76. The molecule has 0 aromatic heterocycles. The standard InChI is InChI=1S/C37H69NO3/c1-3-5-7-9-11-13-15-16-17-18-19-20-21-22-23-25-27-29-31-33-37(41)38-35(34-39)36(40)32-30-28-26-24-14-12-10-8-6-4-2/h14,16-17,24,30,32,35-36,39-40H,3-13,15,18-23,25-29,31,33-34H2,1-2H3,(H,38,41)/b17-16-,24-14+,32-30+. The summed E-state index contributed by atoms with van der Waals surface area (Å²) in [5, 5.41) is 22.8. The van der Waals surface area contributed by atoms with Crippen molar-refractivity contribution in [3.8, 4) is 0 Å². The Morgan fingerprint density at radius 1 is 0.561 bits per heavy atom. The van der Waals surface area contributed by atoms with Crippen LogP contribution in [0.5, 0.6) is 0 Å². The van der Waals surface area contributed by atoms with Crippen molar-refractivity contribution in [2.75, 3.05) is 6.61 Å². The number of hydrogen-bond acceptors (Lipinski definition) is 3. The average Bonchev–Trinajstić information content (AvgIpc) is 2.97. The molecule has 41 heavy (non-hydrogen) atoms. The van der Waals surface area contributed by atoms with E-state index < -0.39 is 12.1 Å². The fraction of sp³-hybridized carbons (Fsp3) is 0.811. The fourth-order valence-corrected chi connectivity index (χ4v) is 5.07. The van der Waals surface area contributed by atoms with Crippen LogP contribution in [0.3, 0.4) is 0 Å². The Balaban J connectivity index is 3.62. The van der Waals surface area contributed by atoms with Crippen LogP contribution in [-0.2, 0) is 4.79 Å². The van der Waals surface area contributed by atoms with Gasteiger partial charge in [0.15, 0.2) is 0 Å². The van der Waals surface area contributed by atoms with Gasteiger partial charge in [-0.1, -0.05) is 147 Å². The van der Waals surface area contributed by atoms with Crippen LogP contribution in [-0.4, -0.2) is 34.9 Å². The molecule has 0 saturated heterocycles. The van der Waals surface area contributed by atoms with Crippen LogP contribution in [0.1, 0.15) is 174 Å². The van der Waals surface area contributed by atoms with E-state index in [0.717, 1.165) is 32.1 Å². The molecule has 240 valence electrons. The van der Waals surface area contributed by atoms with Crippen LogP contribution in [0, 0.1) is 0 Å². The first-order valence-electron chi connectivity index (χ1n) is 17.7. The van der Waals surface area contributed by atoms with E-state index >= 15 is 0 Å². The molecule has 4 nitrogen and oxygen atoms in total. The third-order valence-electron chi connectivity index (χ3n) is 7.85. The van der Waals surface area contributed by atoms with E-state index in [0.29, 0.717) is 6.42 Å². The van der Waals surface area contributed by atoms with Crippen LogP contribution in [0.2, 0.25) is 0 Å². The third-order valence-corrected chi connectivity index (χ3v) is 7.85. The van der Waals surface area contributed by atoms with Crippen molar-refractivity contribution in [1.82, 2.24) is 5.32 Å². The van der Waals surface area contributed by atoms with Gasteiger partial charge < -0.3 is 15.5 Å². The van der Waals surface area contributed by atoms with Gasteiger partial charge in [0.2, 0.25) is 5.91 Å². The summed E-state index contributed by atoms with van der Waals surface area (Å²) in [5.74, 6) is -0.0801. The summed E-state index contributed by atoms with van der Waals surface area (Å²) in [6.45, 7) is 4.24. The van der Waals surface area contributed by atoms with E-state index in [2.05, 4.69) is 43.5 Å². The Labute approximate surface area is 255 Å². The number of rotatable bonds is 31. The van der Waals surface area contributed by atoms with Gasteiger partial charge in [-0.15, -0.1) is 0 Å². The molecule has 0 aliphatic heterocycles. The molecule has 0 rings (SSSR count). The van der Waals surface area contributed by atoms with Crippen molar-refractivity contribution in [2.24, 2.45) is 0 Å². The molecule has 0 bridgehead atoms. The van der Waals surface area contributed by atoms with Crippen molar-refractivity contribution in [1.29, 1.82) is 0 Å². The Kier molecular flexibility index (Phi) is 32.0. The van der Waals surface area contributed by atoms with Crippen LogP contribution >= 0.6 is 0 Å². The molecule has 0 radical (unpaired) electrons. The van der Waals surface area contributed by atoms with Gasteiger partial charge in [-0.3, -0.25) is 4.79 Å². The molecule has 0 aliphatic rings. The average molecular weight is 576 g/mol. The minimum Gasteiger partial charge on any atom is -0.394 e. The van der Waals surface area contributed by atoms with Crippen LogP contribution in [0.4, 0.5) is 0 Å². The number of allylic oxidation sites excluding steroid dienone is 5. The fourth-order valence-electron chi connectivity index (χ4n) is 5.07. The van der Waals surface area contributed by atoms with Crippen molar-refractivity contribution in [2.45, 2.75) is 187 Å². The molecule has 2 unspecified atom stereocenters. The maximum atomic E-state index is 12.3. The Morgan fingerprint density at radius 3 is 1.44 bits per heavy atom. The molecule has 4 heteroatoms. The van der Waals surface area contributed by atoms with Crippen LogP contribution in [0.25, 0.3) is 0 Å². The summed E-state index contributed by atoms with van der Waals surface area (Å²) in [7, 11) is 0. The molecule has 0 fully saturated rings. The predicted octanol–water partition coefficient (Wildman–Crippen LogP) is 10.3. The van der Waals surface area contributed by atoms with E-state index in [1.807, 2.05) is 6.08 Å². The van der Waals surface area contributed by atoms with Gasteiger partial charge in [-0.25, -0.2) is 0 Å². The van der Waals surface area contributed by atoms with Gasteiger partial charge in [-0.2, -0.15) is 0 Å². The summed E-state index contributed by atoms with van der Waals surface area (Å²) in [6.07, 6.45) is 42.3. The minimum absolute atomic E-state index is 0.0801. The summed E-state index contributed by atoms with van der Waals surface area (Å²) >= 11 is 0. The number of hydrogen-bond donors (Lipinski definition) is 3. The topological polar surface area (TPSA) is 69.6 Å². The molecule has 0 heterocycles. The first-order chi connectivity index (χ1) is 20.2. The zero-order chi connectivity index (χ0) is 30.1. The lowest BCUT2D eigenvalue weighted by Gasteiger charge is -2.19. The maximum Gasteiger partial charge on any atom is 0.220 e. The second-order valence-electron chi connectivity index (χ2n) is 11.9.